The number of rotatable bonds is 5. The van der Waals surface area contributed by atoms with Crippen LogP contribution in [0.5, 0.6) is 0 Å². The standard InChI is InChI=1S/C6H16N2O/c1-6(7)4-2-3-5-8-9/h6,8-9H,2-5,7H2,1H3. The zero-order valence-electron chi connectivity index (χ0n) is 5.93. The van der Waals surface area contributed by atoms with Gasteiger partial charge < -0.3 is 10.9 Å². The van der Waals surface area contributed by atoms with Crippen molar-refractivity contribution < 1.29 is 5.21 Å². The van der Waals surface area contributed by atoms with Gasteiger partial charge in [-0.05, 0) is 19.8 Å². The van der Waals surface area contributed by atoms with Crippen molar-refractivity contribution in [2.75, 3.05) is 6.54 Å². The second-order valence-electron chi connectivity index (χ2n) is 2.38. The number of nitrogens with one attached hydrogen (secondary N) is 1. The van der Waals surface area contributed by atoms with E-state index in [0.29, 0.717) is 12.6 Å². The first-order valence-corrected chi connectivity index (χ1v) is 3.40. The number of nitrogens with two attached hydrogens (primary N) is 1. The lowest BCUT2D eigenvalue weighted by Gasteiger charge is -2.02. The van der Waals surface area contributed by atoms with Gasteiger partial charge in [0.1, 0.15) is 0 Å². The third-order valence-corrected chi connectivity index (χ3v) is 1.20. The Hall–Kier alpha value is -0.120. The average molecular weight is 132 g/mol. The van der Waals surface area contributed by atoms with E-state index < -0.39 is 0 Å². The summed E-state index contributed by atoms with van der Waals surface area (Å²) in [5.41, 5.74) is 7.59. The minimum atomic E-state index is 0.295. The monoisotopic (exact) mass is 132 g/mol. The lowest BCUT2D eigenvalue weighted by atomic mass is 10.1. The van der Waals surface area contributed by atoms with Crippen LogP contribution >= 0.6 is 0 Å². The molecule has 0 aromatic rings. The van der Waals surface area contributed by atoms with Crippen LogP contribution in [0.25, 0.3) is 0 Å². The quantitative estimate of drug-likeness (QED) is 0.377. The highest BCUT2D eigenvalue weighted by Gasteiger charge is 1.92. The predicted molar refractivity (Wildman–Crippen MR) is 37.3 cm³/mol. The second kappa shape index (κ2) is 6.01. The van der Waals surface area contributed by atoms with Crippen LogP contribution in [-0.4, -0.2) is 17.8 Å². The van der Waals surface area contributed by atoms with Gasteiger partial charge in [-0.25, -0.2) is 5.48 Å². The van der Waals surface area contributed by atoms with Crippen LogP contribution in [0.2, 0.25) is 0 Å². The van der Waals surface area contributed by atoms with Crippen LogP contribution in [0.1, 0.15) is 26.2 Å². The molecule has 0 spiro atoms. The van der Waals surface area contributed by atoms with E-state index in [1.165, 1.54) is 0 Å². The second-order valence-corrected chi connectivity index (χ2v) is 2.38. The molecule has 0 saturated carbocycles. The summed E-state index contributed by atoms with van der Waals surface area (Å²) in [6, 6.07) is 0.295. The van der Waals surface area contributed by atoms with Crippen LogP contribution in [0.15, 0.2) is 0 Å². The summed E-state index contributed by atoms with van der Waals surface area (Å²) in [6.07, 6.45) is 3.13. The fraction of sp³-hybridized carbons (Fsp3) is 1.00. The fourth-order valence-electron chi connectivity index (χ4n) is 0.670. The average Bonchev–Trinajstić information content (AvgIpc) is 1.80. The SMILES string of the molecule is CC(N)CCCCNO. The van der Waals surface area contributed by atoms with Crippen LogP contribution in [0.3, 0.4) is 0 Å². The molecular formula is C6H16N2O. The van der Waals surface area contributed by atoms with Gasteiger partial charge in [0, 0.05) is 12.6 Å². The van der Waals surface area contributed by atoms with Crippen molar-refractivity contribution in [1.29, 1.82) is 0 Å². The Balaban J connectivity index is 2.75. The molecule has 3 nitrogen and oxygen atoms in total. The van der Waals surface area contributed by atoms with Gasteiger partial charge in [-0.15, -0.1) is 0 Å². The molecule has 0 radical (unpaired) electrons. The molecule has 0 aliphatic rings. The highest BCUT2D eigenvalue weighted by molar-refractivity contribution is 4.52. The highest BCUT2D eigenvalue weighted by Crippen LogP contribution is 1.95. The zero-order valence-corrected chi connectivity index (χ0v) is 5.93. The van der Waals surface area contributed by atoms with Gasteiger partial charge in [0.25, 0.3) is 0 Å². The van der Waals surface area contributed by atoms with Crippen LogP contribution in [0.4, 0.5) is 0 Å². The van der Waals surface area contributed by atoms with Crippen LogP contribution < -0.4 is 11.2 Å². The smallest absolute Gasteiger partial charge is 0.0207 e. The van der Waals surface area contributed by atoms with Gasteiger partial charge in [-0.1, -0.05) is 6.42 Å². The Bertz CT molecular complexity index is 57.0. The van der Waals surface area contributed by atoms with Gasteiger partial charge in [0.05, 0.1) is 0 Å². The summed E-state index contributed by atoms with van der Waals surface area (Å²) in [7, 11) is 0. The molecule has 0 aliphatic carbocycles. The summed E-state index contributed by atoms with van der Waals surface area (Å²) in [6.45, 7) is 2.67. The largest absolute Gasteiger partial charge is 0.328 e. The van der Waals surface area contributed by atoms with Crippen molar-refractivity contribution >= 4 is 0 Å². The van der Waals surface area contributed by atoms with E-state index in [-0.39, 0.29) is 0 Å². The lowest BCUT2D eigenvalue weighted by molar-refractivity contribution is 0.164. The molecule has 0 bridgehead atoms. The Morgan fingerprint density at radius 3 is 2.67 bits per heavy atom. The summed E-state index contributed by atoms with van der Waals surface area (Å²) < 4.78 is 0. The third kappa shape index (κ3) is 7.88. The summed E-state index contributed by atoms with van der Waals surface area (Å²) in [5.74, 6) is 0. The molecule has 0 saturated heterocycles. The van der Waals surface area contributed by atoms with E-state index in [0.717, 1.165) is 19.3 Å². The molecule has 9 heavy (non-hydrogen) atoms. The van der Waals surface area contributed by atoms with Crippen molar-refractivity contribution in [3.05, 3.63) is 0 Å². The molecule has 56 valence electrons. The van der Waals surface area contributed by atoms with E-state index in [1.54, 1.807) is 0 Å². The van der Waals surface area contributed by atoms with E-state index >= 15 is 0 Å². The van der Waals surface area contributed by atoms with Gasteiger partial charge in [0.2, 0.25) is 0 Å². The van der Waals surface area contributed by atoms with E-state index in [4.69, 9.17) is 10.9 Å². The maximum atomic E-state index is 8.15. The van der Waals surface area contributed by atoms with Gasteiger partial charge >= 0.3 is 0 Å². The molecule has 0 aromatic heterocycles. The van der Waals surface area contributed by atoms with Gasteiger partial charge in [-0.3, -0.25) is 0 Å². The number of unbranched alkanes of at least 4 members (excludes halogenated alkanes) is 1. The number of hydroxylamine groups is 1. The summed E-state index contributed by atoms with van der Waals surface area (Å²) in [4.78, 5) is 0. The molecule has 4 N–H and O–H groups in total. The minimum Gasteiger partial charge on any atom is -0.328 e. The van der Waals surface area contributed by atoms with Crippen LogP contribution in [-0.2, 0) is 0 Å². The molecule has 1 unspecified atom stereocenters. The topological polar surface area (TPSA) is 58.3 Å². The molecule has 0 heterocycles. The molecular weight excluding hydrogens is 116 g/mol. The molecule has 0 aliphatic heterocycles. The van der Waals surface area contributed by atoms with Crippen molar-refractivity contribution in [3.8, 4) is 0 Å². The van der Waals surface area contributed by atoms with Crippen LogP contribution in [0, 0.1) is 0 Å². The highest BCUT2D eigenvalue weighted by atomic mass is 16.5. The Labute approximate surface area is 56.2 Å². The normalized spacial score (nSPS) is 13.7. The molecule has 3 heteroatoms. The zero-order chi connectivity index (χ0) is 7.11. The fourth-order valence-corrected chi connectivity index (χ4v) is 0.670. The van der Waals surface area contributed by atoms with Crippen molar-refractivity contribution in [1.82, 2.24) is 5.48 Å². The lowest BCUT2D eigenvalue weighted by Crippen LogP contribution is -2.15. The summed E-state index contributed by atoms with van der Waals surface area (Å²) >= 11 is 0. The van der Waals surface area contributed by atoms with Gasteiger partial charge in [-0.2, -0.15) is 0 Å². The molecule has 0 aromatic carbocycles. The summed E-state index contributed by atoms with van der Waals surface area (Å²) in [5, 5.41) is 8.15. The first-order chi connectivity index (χ1) is 4.27. The van der Waals surface area contributed by atoms with E-state index in [1.807, 2.05) is 6.92 Å². The molecule has 0 amide bonds. The predicted octanol–water partition coefficient (Wildman–Crippen LogP) is 0.483. The Morgan fingerprint density at radius 2 is 2.22 bits per heavy atom. The van der Waals surface area contributed by atoms with Gasteiger partial charge in [0.15, 0.2) is 0 Å². The minimum absolute atomic E-state index is 0.295. The maximum Gasteiger partial charge on any atom is 0.0207 e. The Morgan fingerprint density at radius 1 is 1.56 bits per heavy atom. The van der Waals surface area contributed by atoms with Crippen molar-refractivity contribution in [3.63, 3.8) is 0 Å². The third-order valence-electron chi connectivity index (χ3n) is 1.20. The molecule has 0 fully saturated rings. The molecule has 0 rings (SSSR count). The number of hydrogen-bond donors (Lipinski definition) is 3. The molecule has 1 atom stereocenters. The van der Waals surface area contributed by atoms with Crippen molar-refractivity contribution in [2.24, 2.45) is 5.73 Å². The number of hydrogen-bond acceptors (Lipinski definition) is 3. The van der Waals surface area contributed by atoms with E-state index in [2.05, 4.69) is 5.48 Å². The Kier molecular flexibility index (Phi) is 5.93. The van der Waals surface area contributed by atoms with Crippen molar-refractivity contribution in [2.45, 2.75) is 32.2 Å². The first kappa shape index (κ1) is 8.88. The van der Waals surface area contributed by atoms with E-state index in [9.17, 15) is 0 Å². The first-order valence-electron chi connectivity index (χ1n) is 3.40. The maximum absolute atomic E-state index is 8.15.